The SMILES string of the molecule is CC(=C/C=O)/N=C(/C)N(C)c1ccc(N2CCC(Cc3ccco3)CC2)c(Cl)c1. The van der Waals surface area contributed by atoms with Gasteiger partial charge in [-0.25, -0.2) is 4.99 Å². The first-order valence-corrected chi connectivity index (χ1v) is 10.3. The number of aliphatic imine (C=N–C) groups is 1. The van der Waals surface area contributed by atoms with Gasteiger partial charge >= 0.3 is 0 Å². The van der Waals surface area contributed by atoms with E-state index in [0.29, 0.717) is 11.6 Å². The largest absolute Gasteiger partial charge is 0.469 e. The van der Waals surface area contributed by atoms with E-state index in [2.05, 4.69) is 28.1 Å². The predicted molar refractivity (Wildman–Crippen MR) is 120 cm³/mol. The molecule has 1 aliphatic rings. The molecule has 0 radical (unpaired) electrons. The van der Waals surface area contributed by atoms with E-state index in [4.69, 9.17) is 16.0 Å². The van der Waals surface area contributed by atoms with Gasteiger partial charge in [-0.15, -0.1) is 0 Å². The smallest absolute Gasteiger partial charge is 0.144 e. The Hall–Kier alpha value is -2.53. The van der Waals surface area contributed by atoms with Crippen molar-refractivity contribution < 1.29 is 9.21 Å². The van der Waals surface area contributed by atoms with Gasteiger partial charge in [0.25, 0.3) is 0 Å². The van der Waals surface area contributed by atoms with Crippen LogP contribution in [0.1, 0.15) is 32.4 Å². The third-order valence-electron chi connectivity index (χ3n) is 5.48. The van der Waals surface area contributed by atoms with Crippen LogP contribution in [-0.2, 0) is 11.2 Å². The Balaban J connectivity index is 1.64. The lowest BCUT2D eigenvalue weighted by Crippen LogP contribution is -2.34. The number of nitrogens with zero attached hydrogens (tertiary/aromatic N) is 3. The third kappa shape index (κ3) is 5.51. The zero-order valence-electron chi connectivity index (χ0n) is 17.3. The number of hydrogen-bond acceptors (Lipinski definition) is 4. The molecular formula is C23H28ClN3O2. The van der Waals surface area contributed by atoms with Crippen molar-refractivity contribution in [2.45, 2.75) is 33.1 Å². The molecule has 1 fully saturated rings. The number of carbonyl (C=O) groups is 1. The van der Waals surface area contributed by atoms with Gasteiger partial charge in [0.15, 0.2) is 0 Å². The highest BCUT2D eigenvalue weighted by molar-refractivity contribution is 6.33. The second kappa shape index (κ2) is 9.79. The minimum atomic E-state index is 0.656. The third-order valence-corrected chi connectivity index (χ3v) is 5.78. The first kappa shape index (κ1) is 21.2. The molecule has 1 aliphatic heterocycles. The number of rotatable bonds is 6. The minimum absolute atomic E-state index is 0.656. The van der Waals surface area contributed by atoms with Gasteiger partial charge in [0, 0.05) is 37.9 Å². The van der Waals surface area contributed by atoms with E-state index in [1.165, 1.54) is 6.08 Å². The van der Waals surface area contributed by atoms with Crippen molar-refractivity contribution in [2.24, 2.45) is 10.9 Å². The van der Waals surface area contributed by atoms with Gasteiger partial charge in [-0.2, -0.15) is 0 Å². The average Bonchev–Trinajstić information content (AvgIpc) is 3.21. The Bertz CT molecular complexity index is 882. The number of allylic oxidation sites excluding steroid dienone is 2. The number of anilines is 2. The number of piperidine rings is 1. The first-order chi connectivity index (χ1) is 14.0. The van der Waals surface area contributed by atoms with Crippen LogP contribution in [0.15, 0.2) is 57.8 Å². The normalized spacial score (nSPS) is 16.2. The molecule has 1 aromatic carbocycles. The van der Waals surface area contributed by atoms with Crippen LogP contribution in [0.3, 0.4) is 0 Å². The topological polar surface area (TPSA) is 49.1 Å². The molecule has 29 heavy (non-hydrogen) atoms. The van der Waals surface area contributed by atoms with Crippen molar-refractivity contribution in [1.82, 2.24) is 0 Å². The Labute approximate surface area is 177 Å². The summed E-state index contributed by atoms with van der Waals surface area (Å²) in [6.07, 6.45) is 7.21. The zero-order valence-corrected chi connectivity index (χ0v) is 18.0. The van der Waals surface area contributed by atoms with Crippen molar-refractivity contribution in [3.63, 3.8) is 0 Å². The molecule has 0 amide bonds. The van der Waals surface area contributed by atoms with Crippen molar-refractivity contribution in [2.75, 3.05) is 29.9 Å². The van der Waals surface area contributed by atoms with Crippen LogP contribution in [0.25, 0.3) is 0 Å². The summed E-state index contributed by atoms with van der Waals surface area (Å²) in [5.74, 6) is 2.52. The Morgan fingerprint density at radius 2 is 2.07 bits per heavy atom. The van der Waals surface area contributed by atoms with Crippen LogP contribution < -0.4 is 9.80 Å². The van der Waals surface area contributed by atoms with Crippen LogP contribution in [-0.4, -0.2) is 32.3 Å². The van der Waals surface area contributed by atoms with E-state index in [0.717, 1.165) is 66.6 Å². The lowest BCUT2D eigenvalue weighted by molar-refractivity contribution is -0.104. The van der Waals surface area contributed by atoms with Crippen molar-refractivity contribution >= 4 is 35.1 Å². The number of furan rings is 1. The zero-order chi connectivity index (χ0) is 20.8. The Kier molecular flexibility index (Phi) is 7.15. The van der Waals surface area contributed by atoms with E-state index in [9.17, 15) is 4.79 Å². The number of hydrogen-bond donors (Lipinski definition) is 0. The highest BCUT2D eigenvalue weighted by Gasteiger charge is 2.22. The quantitative estimate of drug-likeness (QED) is 0.277. The number of benzene rings is 1. The van der Waals surface area contributed by atoms with Crippen molar-refractivity contribution in [1.29, 1.82) is 0 Å². The maximum atomic E-state index is 10.6. The van der Waals surface area contributed by atoms with Crippen LogP contribution >= 0.6 is 11.6 Å². The fourth-order valence-corrected chi connectivity index (χ4v) is 4.00. The Morgan fingerprint density at radius 3 is 2.69 bits per heavy atom. The number of amidine groups is 1. The molecule has 2 heterocycles. The van der Waals surface area contributed by atoms with Gasteiger partial charge in [-0.05, 0) is 69.0 Å². The highest BCUT2D eigenvalue weighted by atomic mass is 35.5. The highest BCUT2D eigenvalue weighted by Crippen LogP contribution is 2.33. The lowest BCUT2D eigenvalue weighted by Gasteiger charge is -2.34. The van der Waals surface area contributed by atoms with E-state index in [1.807, 2.05) is 31.0 Å². The van der Waals surface area contributed by atoms with Crippen molar-refractivity contribution in [3.05, 3.63) is 59.2 Å². The minimum Gasteiger partial charge on any atom is -0.469 e. The molecule has 1 saturated heterocycles. The van der Waals surface area contributed by atoms with Gasteiger partial charge in [-0.3, -0.25) is 4.79 Å². The fourth-order valence-electron chi connectivity index (χ4n) is 3.70. The summed E-state index contributed by atoms with van der Waals surface area (Å²) < 4.78 is 5.49. The number of aldehydes is 1. The molecule has 0 unspecified atom stereocenters. The van der Waals surface area contributed by atoms with Gasteiger partial charge in [0.05, 0.1) is 17.0 Å². The average molecular weight is 414 g/mol. The molecule has 1 aromatic heterocycles. The summed E-state index contributed by atoms with van der Waals surface area (Å²) >= 11 is 6.64. The fraction of sp³-hybridized carbons (Fsp3) is 0.391. The summed E-state index contributed by atoms with van der Waals surface area (Å²) in [7, 11) is 1.94. The van der Waals surface area contributed by atoms with E-state index < -0.39 is 0 Å². The van der Waals surface area contributed by atoms with E-state index >= 15 is 0 Å². The lowest BCUT2D eigenvalue weighted by atomic mass is 9.92. The molecule has 0 aliphatic carbocycles. The van der Waals surface area contributed by atoms with Crippen LogP contribution in [0.4, 0.5) is 11.4 Å². The summed E-state index contributed by atoms with van der Waals surface area (Å²) in [5.41, 5.74) is 2.71. The van der Waals surface area contributed by atoms with Crippen LogP contribution in [0.2, 0.25) is 5.02 Å². The second-order valence-corrected chi connectivity index (χ2v) is 7.92. The van der Waals surface area contributed by atoms with Gasteiger partial charge in [-0.1, -0.05) is 11.6 Å². The standard InChI is InChI=1S/C23H28ClN3O2/c1-17(10-13-28)25-18(2)26(3)20-6-7-23(22(24)16-20)27-11-8-19(9-12-27)15-21-5-4-14-29-21/h4-7,10,13-14,16,19H,8-9,11-12,15H2,1-3H3/b17-10-,25-18-. The molecule has 5 nitrogen and oxygen atoms in total. The maximum absolute atomic E-state index is 10.6. The van der Waals surface area contributed by atoms with Gasteiger partial charge in [0.2, 0.25) is 0 Å². The van der Waals surface area contributed by atoms with E-state index in [-0.39, 0.29) is 0 Å². The number of carbonyl (C=O) groups excluding carboxylic acids is 1. The Morgan fingerprint density at radius 1 is 1.31 bits per heavy atom. The molecule has 2 aromatic rings. The van der Waals surface area contributed by atoms with Gasteiger partial charge in [0.1, 0.15) is 17.9 Å². The predicted octanol–water partition coefficient (Wildman–Crippen LogP) is 5.35. The molecule has 0 atom stereocenters. The molecule has 6 heteroatoms. The summed E-state index contributed by atoms with van der Waals surface area (Å²) in [6.45, 7) is 5.71. The maximum Gasteiger partial charge on any atom is 0.144 e. The summed E-state index contributed by atoms with van der Waals surface area (Å²) in [6, 6.07) is 10.1. The van der Waals surface area contributed by atoms with Gasteiger partial charge < -0.3 is 14.2 Å². The summed E-state index contributed by atoms with van der Waals surface area (Å²) in [4.78, 5) is 19.3. The first-order valence-electron chi connectivity index (χ1n) is 9.96. The molecule has 0 N–H and O–H groups in total. The molecular weight excluding hydrogens is 386 g/mol. The molecule has 3 rings (SSSR count). The second-order valence-electron chi connectivity index (χ2n) is 7.51. The monoisotopic (exact) mass is 413 g/mol. The van der Waals surface area contributed by atoms with Crippen LogP contribution in [0, 0.1) is 5.92 Å². The number of halogens is 1. The van der Waals surface area contributed by atoms with Crippen LogP contribution in [0.5, 0.6) is 0 Å². The van der Waals surface area contributed by atoms with E-state index in [1.54, 1.807) is 13.2 Å². The molecule has 0 spiro atoms. The van der Waals surface area contributed by atoms with Crippen molar-refractivity contribution in [3.8, 4) is 0 Å². The summed E-state index contributed by atoms with van der Waals surface area (Å²) in [5, 5.41) is 0.742. The molecule has 0 bridgehead atoms. The molecule has 154 valence electrons. The molecule has 0 saturated carbocycles.